The lowest BCUT2D eigenvalue weighted by Gasteiger charge is -2.32. The minimum atomic E-state index is -3.01. The first-order valence-corrected chi connectivity index (χ1v) is 18.6. The van der Waals surface area contributed by atoms with Crippen LogP contribution in [0.5, 0.6) is 0 Å². The molecule has 3 aromatic carbocycles. The summed E-state index contributed by atoms with van der Waals surface area (Å²) >= 11 is 0. The van der Waals surface area contributed by atoms with Crippen LogP contribution in [-0.2, 0) is 19.9 Å². The number of rotatable bonds is 6. The number of amides is 2. The van der Waals surface area contributed by atoms with Crippen molar-refractivity contribution < 1.29 is 24.2 Å². The molecule has 3 aliphatic heterocycles. The molecule has 10 nitrogen and oxygen atoms in total. The van der Waals surface area contributed by atoms with Crippen molar-refractivity contribution in [1.29, 1.82) is 0 Å². The molecule has 4 aromatic rings. The van der Waals surface area contributed by atoms with Gasteiger partial charge in [0.05, 0.1) is 47.5 Å². The molecule has 3 aliphatic rings. The summed E-state index contributed by atoms with van der Waals surface area (Å²) < 4.78 is 8.38. The number of anilines is 2. The fourth-order valence-electron chi connectivity index (χ4n) is 8.05. The van der Waals surface area contributed by atoms with Crippen molar-refractivity contribution in [3.63, 3.8) is 0 Å². The van der Waals surface area contributed by atoms with Crippen molar-refractivity contribution >= 4 is 42.4 Å². The summed E-state index contributed by atoms with van der Waals surface area (Å²) in [5.41, 5.74) is 0.995. The highest BCUT2D eigenvalue weighted by atomic mass is 28.4. The summed E-state index contributed by atoms with van der Waals surface area (Å²) in [7, 11) is -3.01. The number of hydrogen-bond acceptors (Lipinski definition) is 6. The first kappa shape index (κ1) is 29.7. The van der Waals surface area contributed by atoms with E-state index in [1.54, 1.807) is 15.9 Å². The van der Waals surface area contributed by atoms with Gasteiger partial charge in [-0.15, -0.1) is 0 Å². The number of aliphatic hydroxyl groups is 1. The molecule has 2 amide bonds. The Labute approximate surface area is 262 Å². The Morgan fingerprint density at radius 3 is 2.49 bits per heavy atom. The van der Waals surface area contributed by atoms with Crippen LogP contribution in [0.4, 0.5) is 11.4 Å². The molecule has 0 radical (unpaired) electrons. The van der Waals surface area contributed by atoms with Gasteiger partial charge in [0.25, 0.3) is 11.5 Å². The molecule has 234 valence electrons. The third kappa shape index (κ3) is 4.51. The van der Waals surface area contributed by atoms with Crippen molar-refractivity contribution in [3.05, 3.63) is 88.7 Å². The van der Waals surface area contributed by atoms with Gasteiger partial charge in [-0.3, -0.25) is 24.4 Å². The third-order valence-corrected chi connectivity index (χ3v) is 12.5. The number of H-pyrrole nitrogens is 1. The molecule has 5 atom stereocenters. The number of fused-ring (bicyclic) bond motifs is 3. The Morgan fingerprint density at radius 1 is 1.04 bits per heavy atom. The SMILES string of the molecule is C[C@H]1[C@H]([Si](C)(C)O)[C@@H](CC(=O)N2CCC[C@H]2CO)O[C@]12C(=O)N(c1ccccc1)c1ccc(-n3[nH]c4ccccc4c3=O)cc12. The Hall–Kier alpha value is -4.03. The van der Waals surface area contributed by atoms with Gasteiger partial charge in [-0.25, -0.2) is 4.68 Å². The Kier molecular flexibility index (Phi) is 7.12. The minimum Gasteiger partial charge on any atom is -0.432 e. The fraction of sp³-hybridized carbons (Fsp3) is 0.382. The number of nitrogens with one attached hydrogen (secondary N) is 1. The summed E-state index contributed by atoms with van der Waals surface area (Å²) in [6, 6.07) is 21.9. The zero-order valence-corrected chi connectivity index (χ0v) is 26.6. The molecule has 1 aromatic heterocycles. The van der Waals surface area contributed by atoms with E-state index in [2.05, 4.69) is 5.10 Å². The molecule has 0 aliphatic carbocycles. The van der Waals surface area contributed by atoms with Crippen LogP contribution in [0.25, 0.3) is 16.6 Å². The van der Waals surface area contributed by atoms with Crippen molar-refractivity contribution in [3.8, 4) is 5.69 Å². The van der Waals surface area contributed by atoms with E-state index in [1.165, 1.54) is 4.68 Å². The van der Waals surface area contributed by atoms with Gasteiger partial charge in [-0.2, -0.15) is 0 Å². The van der Waals surface area contributed by atoms with Crippen LogP contribution in [0.1, 0.15) is 31.7 Å². The van der Waals surface area contributed by atoms with E-state index < -0.39 is 31.5 Å². The number of aliphatic hydroxyl groups excluding tert-OH is 1. The van der Waals surface area contributed by atoms with E-state index in [1.807, 2.05) is 86.7 Å². The van der Waals surface area contributed by atoms with Gasteiger partial charge in [0, 0.05) is 29.3 Å². The number of hydrogen-bond donors (Lipinski definition) is 3. The van der Waals surface area contributed by atoms with E-state index in [-0.39, 0.29) is 36.4 Å². The maximum absolute atomic E-state index is 14.8. The Balaban J connectivity index is 1.38. The number of likely N-dealkylation sites (tertiary alicyclic amines) is 1. The van der Waals surface area contributed by atoms with Crippen molar-refractivity contribution in [2.24, 2.45) is 5.92 Å². The van der Waals surface area contributed by atoms with E-state index in [9.17, 15) is 24.3 Å². The van der Waals surface area contributed by atoms with Gasteiger partial charge in [-0.05, 0) is 68.4 Å². The van der Waals surface area contributed by atoms with Crippen LogP contribution in [-0.4, -0.2) is 70.0 Å². The standard InChI is InChI=1S/C34H38N4O6Si/c1-21-31(45(2,3)43)29(19-30(40)36-17-9-12-24(36)20-39)44-34(21)26-18-23(38-32(41)25-13-7-8-14-27(25)35-38)15-16-28(26)37(33(34)42)22-10-5-4-6-11-22/h4-8,10-11,13-16,18,21,24,29,31,35,39,43H,9,12,17,19-20H2,1-3H3/t21-,24-,29+,31-,34+/m0/s1. The lowest BCUT2D eigenvalue weighted by Crippen LogP contribution is -2.45. The number of carbonyl (C=O) groups is 2. The maximum Gasteiger partial charge on any atom is 0.279 e. The highest BCUT2D eigenvalue weighted by Gasteiger charge is 2.67. The first-order valence-electron chi connectivity index (χ1n) is 15.6. The van der Waals surface area contributed by atoms with Crippen molar-refractivity contribution in [2.45, 2.75) is 62.6 Å². The van der Waals surface area contributed by atoms with Crippen molar-refractivity contribution in [2.75, 3.05) is 18.1 Å². The zero-order chi connectivity index (χ0) is 31.7. The molecule has 45 heavy (non-hydrogen) atoms. The van der Waals surface area contributed by atoms with Crippen molar-refractivity contribution in [1.82, 2.24) is 14.7 Å². The van der Waals surface area contributed by atoms with E-state index in [0.717, 1.165) is 12.8 Å². The molecule has 11 heteroatoms. The van der Waals surface area contributed by atoms with Crippen LogP contribution in [0.15, 0.2) is 77.6 Å². The quantitative estimate of drug-likeness (QED) is 0.276. The van der Waals surface area contributed by atoms with Gasteiger partial charge >= 0.3 is 0 Å². The first-order chi connectivity index (χ1) is 21.6. The highest BCUT2D eigenvalue weighted by molar-refractivity contribution is 6.71. The number of para-hydroxylation sites is 2. The van der Waals surface area contributed by atoms with E-state index >= 15 is 0 Å². The normalized spacial score (nSPS) is 26.4. The Morgan fingerprint density at radius 2 is 1.78 bits per heavy atom. The maximum atomic E-state index is 14.8. The molecule has 0 saturated carbocycles. The van der Waals surface area contributed by atoms with Gasteiger partial charge in [0.15, 0.2) is 13.9 Å². The molecule has 4 heterocycles. The summed E-state index contributed by atoms with van der Waals surface area (Å²) in [6.07, 6.45) is 0.844. The lowest BCUT2D eigenvalue weighted by molar-refractivity contribution is -0.149. The predicted octanol–water partition coefficient (Wildman–Crippen LogP) is 4.17. The molecular formula is C34H38N4O6Si. The monoisotopic (exact) mass is 626 g/mol. The average Bonchev–Trinajstić information content (AvgIpc) is 3.76. The molecule has 0 bridgehead atoms. The van der Waals surface area contributed by atoms with E-state index in [0.29, 0.717) is 40.1 Å². The second kappa shape index (κ2) is 10.8. The van der Waals surface area contributed by atoms with Crippen LogP contribution in [0, 0.1) is 5.92 Å². The van der Waals surface area contributed by atoms with E-state index in [4.69, 9.17) is 4.74 Å². The predicted molar refractivity (Wildman–Crippen MR) is 173 cm³/mol. The summed E-state index contributed by atoms with van der Waals surface area (Å²) in [4.78, 5) is 57.0. The topological polar surface area (TPSA) is 128 Å². The summed E-state index contributed by atoms with van der Waals surface area (Å²) in [5, 5.41) is 13.6. The average molecular weight is 627 g/mol. The number of ether oxygens (including phenoxy) is 1. The minimum absolute atomic E-state index is 0.000631. The largest absolute Gasteiger partial charge is 0.432 e. The van der Waals surface area contributed by atoms with Crippen LogP contribution >= 0.6 is 0 Å². The fourth-order valence-corrected chi connectivity index (χ4v) is 10.6. The van der Waals surface area contributed by atoms with Crippen LogP contribution < -0.4 is 10.5 Å². The molecular weight excluding hydrogens is 588 g/mol. The second-order valence-electron chi connectivity index (χ2n) is 13.1. The van der Waals surface area contributed by atoms with Gasteiger partial charge in [-0.1, -0.05) is 37.3 Å². The molecule has 2 saturated heterocycles. The smallest absolute Gasteiger partial charge is 0.279 e. The lowest BCUT2D eigenvalue weighted by atomic mass is 9.82. The zero-order valence-electron chi connectivity index (χ0n) is 25.6. The Bertz CT molecular complexity index is 1850. The second-order valence-corrected chi connectivity index (χ2v) is 17.1. The number of nitrogens with zero attached hydrogens (tertiary/aromatic N) is 3. The highest BCUT2D eigenvalue weighted by Crippen LogP contribution is 2.61. The molecule has 2 fully saturated rings. The van der Waals surface area contributed by atoms with Crippen LogP contribution in [0.3, 0.4) is 0 Å². The number of aromatic amines is 1. The van der Waals surface area contributed by atoms with Crippen LogP contribution in [0.2, 0.25) is 18.6 Å². The van der Waals surface area contributed by atoms with Gasteiger partial charge in [0.2, 0.25) is 5.91 Å². The molecule has 3 N–H and O–H groups in total. The number of benzene rings is 3. The molecule has 0 unspecified atom stereocenters. The molecule has 7 rings (SSSR count). The third-order valence-electron chi connectivity index (χ3n) is 10.0. The number of aromatic nitrogens is 2. The summed E-state index contributed by atoms with van der Waals surface area (Å²) in [6.45, 7) is 6.06. The van der Waals surface area contributed by atoms with Gasteiger partial charge < -0.3 is 19.5 Å². The number of carbonyl (C=O) groups excluding carboxylic acids is 2. The molecule has 1 spiro atoms. The summed E-state index contributed by atoms with van der Waals surface area (Å²) in [5.74, 6) is -0.915. The van der Waals surface area contributed by atoms with Gasteiger partial charge in [0.1, 0.15) is 0 Å².